The van der Waals surface area contributed by atoms with E-state index in [4.69, 9.17) is 14.2 Å². The molecular formula is C29H31NO6S. The summed E-state index contributed by atoms with van der Waals surface area (Å²) in [5, 5.41) is 2.78. The molecule has 3 aromatic carbocycles. The van der Waals surface area contributed by atoms with Crippen LogP contribution in [0.2, 0.25) is 0 Å². The van der Waals surface area contributed by atoms with Crippen LogP contribution in [0.25, 0.3) is 0 Å². The summed E-state index contributed by atoms with van der Waals surface area (Å²) in [6, 6.07) is 22.8. The molecule has 1 amide bonds. The third-order valence-corrected chi connectivity index (χ3v) is 6.67. The van der Waals surface area contributed by atoms with E-state index < -0.39 is 17.9 Å². The quantitative estimate of drug-likeness (QED) is 0.322. The molecule has 0 fully saturated rings. The highest BCUT2D eigenvalue weighted by Gasteiger charge is 2.28. The first-order valence-electron chi connectivity index (χ1n) is 11.9. The average Bonchev–Trinajstić information content (AvgIpc) is 2.92. The minimum Gasteiger partial charge on any atom is -0.497 e. The lowest BCUT2D eigenvalue weighted by Crippen LogP contribution is -2.39. The fraction of sp³-hybridized carbons (Fsp3) is 0.276. The van der Waals surface area contributed by atoms with E-state index in [2.05, 4.69) is 5.32 Å². The highest BCUT2D eigenvalue weighted by atomic mass is 32.2. The summed E-state index contributed by atoms with van der Waals surface area (Å²) in [6.07, 6.45) is 1.20. The number of hydrogen-bond donors (Lipinski definition) is 1. The monoisotopic (exact) mass is 521 g/mol. The SMILES string of the molecule is COC(=O)C(NC(=O)C(CCc1ccccc1)CSC(C)=O)c1cccc(Oc2ccc(OC)cc2)c1. The Kier molecular flexibility index (Phi) is 10.6. The molecule has 0 aliphatic carbocycles. The highest BCUT2D eigenvalue weighted by Crippen LogP contribution is 2.27. The molecule has 0 spiro atoms. The van der Waals surface area contributed by atoms with Crippen molar-refractivity contribution in [3.05, 3.63) is 90.0 Å². The molecule has 0 bridgehead atoms. The molecule has 2 atom stereocenters. The minimum atomic E-state index is -1.03. The summed E-state index contributed by atoms with van der Waals surface area (Å²) in [4.78, 5) is 37.6. The van der Waals surface area contributed by atoms with Crippen molar-refractivity contribution in [3.63, 3.8) is 0 Å². The Balaban J connectivity index is 1.76. The predicted octanol–water partition coefficient (Wildman–Crippen LogP) is 5.35. The van der Waals surface area contributed by atoms with Crippen LogP contribution >= 0.6 is 11.8 Å². The van der Waals surface area contributed by atoms with Crippen LogP contribution < -0.4 is 14.8 Å². The van der Waals surface area contributed by atoms with Crippen molar-refractivity contribution in [2.24, 2.45) is 5.92 Å². The van der Waals surface area contributed by atoms with Gasteiger partial charge in [-0.2, -0.15) is 0 Å². The minimum absolute atomic E-state index is 0.0644. The number of carbonyl (C=O) groups excluding carboxylic acids is 3. The smallest absolute Gasteiger partial charge is 0.333 e. The second-order valence-corrected chi connectivity index (χ2v) is 9.54. The van der Waals surface area contributed by atoms with Crippen molar-refractivity contribution in [1.29, 1.82) is 0 Å². The molecule has 0 heterocycles. The molecule has 2 unspecified atom stereocenters. The summed E-state index contributed by atoms with van der Waals surface area (Å²) in [6.45, 7) is 1.47. The van der Waals surface area contributed by atoms with Gasteiger partial charge in [0.1, 0.15) is 17.2 Å². The van der Waals surface area contributed by atoms with Crippen molar-refractivity contribution in [3.8, 4) is 17.2 Å². The third kappa shape index (κ3) is 8.68. The molecule has 0 saturated carbocycles. The van der Waals surface area contributed by atoms with Gasteiger partial charge in [-0.1, -0.05) is 54.2 Å². The molecule has 1 N–H and O–H groups in total. The fourth-order valence-electron chi connectivity index (χ4n) is 3.69. The average molecular weight is 522 g/mol. The lowest BCUT2D eigenvalue weighted by atomic mass is 9.99. The second kappa shape index (κ2) is 14.1. The van der Waals surface area contributed by atoms with E-state index >= 15 is 0 Å². The zero-order chi connectivity index (χ0) is 26.6. The molecule has 0 radical (unpaired) electrons. The number of amides is 1. The number of ether oxygens (including phenoxy) is 3. The van der Waals surface area contributed by atoms with E-state index in [9.17, 15) is 14.4 Å². The normalized spacial score (nSPS) is 12.2. The predicted molar refractivity (Wildman–Crippen MR) is 144 cm³/mol. The van der Waals surface area contributed by atoms with Gasteiger partial charge in [-0.15, -0.1) is 0 Å². The lowest BCUT2D eigenvalue weighted by molar-refractivity contribution is -0.145. The summed E-state index contributed by atoms with van der Waals surface area (Å²) in [7, 11) is 2.86. The molecular weight excluding hydrogens is 490 g/mol. The van der Waals surface area contributed by atoms with Crippen LogP contribution in [0.1, 0.15) is 30.5 Å². The number of rotatable bonds is 12. The molecule has 3 aromatic rings. The van der Waals surface area contributed by atoms with Crippen LogP contribution in [-0.2, 0) is 25.5 Å². The maximum atomic E-state index is 13.3. The summed E-state index contributed by atoms with van der Waals surface area (Å²) >= 11 is 1.10. The van der Waals surface area contributed by atoms with Gasteiger partial charge in [0.2, 0.25) is 5.91 Å². The van der Waals surface area contributed by atoms with E-state index in [-0.39, 0.29) is 11.0 Å². The number of aryl methyl sites for hydroxylation is 1. The maximum Gasteiger partial charge on any atom is 0.333 e. The maximum absolute atomic E-state index is 13.3. The van der Waals surface area contributed by atoms with Crippen LogP contribution in [0.15, 0.2) is 78.9 Å². The van der Waals surface area contributed by atoms with Crippen LogP contribution in [0.3, 0.4) is 0 Å². The zero-order valence-corrected chi connectivity index (χ0v) is 22.0. The Hall–Kier alpha value is -3.78. The number of hydrogen-bond acceptors (Lipinski definition) is 7. The molecule has 0 aliphatic heterocycles. The van der Waals surface area contributed by atoms with Crippen molar-refractivity contribution in [2.45, 2.75) is 25.8 Å². The Labute approximate surface area is 221 Å². The standard InChI is InChI=1S/C29H31NO6S/c1-20(31)37-19-23(13-12-21-8-5-4-6-9-21)28(32)30-27(29(33)35-3)22-10-7-11-26(18-22)36-25-16-14-24(34-2)15-17-25/h4-11,14-18,23,27H,12-13,19H2,1-3H3,(H,30,32). The van der Waals surface area contributed by atoms with Gasteiger partial charge in [-0.25, -0.2) is 4.79 Å². The first-order valence-corrected chi connectivity index (χ1v) is 12.9. The van der Waals surface area contributed by atoms with Gasteiger partial charge in [0.25, 0.3) is 0 Å². The Morgan fingerprint density at radius 1 is 0.865 bits per heavy atom. The van der Waals surface area contributed by atoms with Crippen LogP contribution in [0.4, 0.5) is 0 Å². The van der Waals surface area contributed by atoms with Gasteiger partial charge >= 0.3 is 5.97 Å². The van der Waals surface area contributed by atoms with Crippen molar-refractivity contribution in [1.82, 2.24) is 5.32 Å². The Morgan fingerprint density at radius 2 is 1.57 bits per heavy atom. The van der Waals surface area contributed by atoms with Crippen molar-refractivity contribution < 1.29 is 28.6 Å². The summed E-state index contributed by atoms with van der Waals surface area (Å²) < 4.78 is 16.1. The molecule has 0 saturated heterocycles. The molecule has 37 heavy (non-hydrogen) atoms. The van der Waals surface area contributed by atoms with Crippen LogP contribution in [-0.4, -0.2) is 37.0 Å². The largest absolute Gasteiger partial charge is 0.497 e. The van der Waals surface area contributed by atoms with Crippen molar-refractivity contribution >= 4 is 28.8 Å². The summed E-state index contributed by atoms with van der Waals surface area (Å²) in [5.74, 6) is 0.733. The molecule has 8 heteroatoms. The lowest BCUT2D eigenvalue weighted by Gasteiger charge is -2.22. The van der Waals surface area contributed by atoms with Gasteiger partial charge < -0.3 is 19.5 Å². The van der Waals surface area contributed by atoms with E-state index in [1.807, 2.05) is 30.3 Å². The van der Waals surface area contributed by atoms with Gasteiger partial charge in [0, 0.05) is 18.6 Å². The van der Waals surface area contributed by atoms with E-state index in [1.165, 1.54) is 14.0 Å². The molecule has 3 rings (SSSR count). The fourth-order valence-corrected chi connectivity index (χ4v) is 4.44. The number of esters is 1. The van der Waals surface area contributed by atoms with Crippen molar-refractivity contribution in [2.75, 3.05) is 20.0 Å². The number of nitrogens with one attached hydrogen (secondary N) is 1. The van der Waals surface area contributed by atoms with Gasteiger partial charge in [0.05, 0.1) is 14.2 Å². The number of thioether (sulfide) groups is 1. The first kappa shape index (κ1) is 27.8. The first-order chi connectivity index (χ1) is 17.9. The van der Waals surface area contributed by atoms with E-state index in [1.54, 1.807) is 55.6 Å². The van der Waals surface area contributed by atoms with Gasteiger partial charge in [0.15, 0.2) is 11.2 Å². The molecule has 0 aromatic heterocycles. The number of benzene rings is 3. The second-order valence-electron chi connectivity index (χ2n) is 8.34. The van der Waals surface area contributed by atoms with E-state index in [0.29, 0.717) is 41.4 Å². The molecule has 194 valence electrons. The number of carbonyl (C=O) groups is 3. The zero-order valence-electron chi connectivity index (χ0n) is 21.1. The Bertz CT molecular complexity index is 1180. The molecule has 7 nitrogen and oxygen atoms in total. The van der Waals surface area contributed by atoms with Crippen LogP contribution in [0, 0.1) is 5.92 Å². The van der Waals surface area contributed by atoms with E-state index in [0.717, 1.165) is 17.3 Å². The topological polar surface area (TPSA) is 90.9 Å². The van der Waals surface area contributed by atoms with Gasteiger partial charge in [-0.3, -0.25) is 9.59 Å². The number of methoxy groups -OCH3 is 2. The van der Waals surface area contributed by atoms with Gasteiger partial charge in [-0.05, 0) is 60.4 Å². The summed E-state index contributed by atoms with van der Waals surface area (Å²) in [5.41, 5.74) is 1.62. The van der Waals surface area contributed by atoms with Crippen LogP contribution in [0.5, 0.6) is 17.2 Å². The Morgan fingerprint density at radius 3 is 2.22 bits per heavy atom. The molecule has 0 aliphatic rings. The highest BCUT2D eigenvalue weighted by molar-refractivity contribution is 8.13. The third-order valence-electron chi connectivity index (χ3n) is 5.69.